The van der Waals surface area contributed by atoms with Crippen molar-refractivity contribution in [1.82, 2.24) is 20.1 Å². The van der Waals surface area contributed by atoms with Crippen LogP contribution in [0.4, 0.5) is 30.7 Å². The van der Waals surface area contributed by atoms with Crippen LogP contribution in [0.25, 0.3) is 22.6 Å². The lowest BCUT2D eigenvalue weighted by molar-refractivity contribution is -0.142. The fourth-order valence-electron chi connectivity index (χ4n) is 3.72. The van der Waals surface area contributed by atoms with Crippen LogP contribution in [0.1, 0.15) is 28.3 Å². The molecule has 36 heavy (non-hydrogen) atoms. The molecule has 13 heteroatoms. The van der Waals surface area contributed by atoms with Gasteiger partial charge < -0.3 is 9.51 Å². The molecule has 0 saturated carbocycles. The first-order valence-electron chi connectivity index (χ1n) is 10.4. The van der Waals surface area contributed by atoms with E-state index in [1.807, 2.05) is 0 Å². The summed E-state index contributed by atoms with van der Waals surface area (Å²) < 4.78 is 97.6. The summed E-state index contributed by atoms with van der Waals surface area (Å²) in [5.41, 5.74) is -1.73. The zero-order valence-corrected chi connectivity index (χ0v) is 18.0. The molecule has 186 valence electrons. The predicted octanol–water partition coefficient (Wildman–Crippen LogP) is 6.26. The Bertz CT molecular complexity index is 1430. The summed E-state index contributed by atoms with van der Waals surface area (Å²) in [5, 5.41) is 9.40. The van der Waals surface area contributed by atoms with Crippen LogP contribution in [-0.4, -0.2) is 26.3 Å². The molecule has 4 aromatic rings. The average Bonchev–Trinajstić information content (AvgIpc) is 3.45. The van der Waals surface area contributed by atoms with Gasteiger partial charge in [0, 0.05) is 17.2 Å². The van der Waals surface area contributed by atoms with Crippen LogP contribution in [0.3, 0.4) is 0 Å². The van der Waals surface area contributed by atoms with E-state index < -0.39 is 29.0 Å². The number of aromatic amines is 1. The Morgan fingerprint density at radius 3 is 2.39 bits per heavy atom. The standard InChI is InChI=1S/C23H14F7N5O/c24-14-4-1-12(2-5-14)21-32-19-9-31-35(11-20(19)33-21)10-15-8-18(34-36-15)16-6-3-13(22(25,26)27)7-17(16)23(28,29)30/h1-9H,10-11H2,(H,32,33). The Hall–Kier alpha value is -4.16. The van der Waals surface area contributed by atoms with Gasteiger partial charge in [-0.3, -0.25) is 5.01 Å². The van der Waals surface area contributed by atoms with E-state index in [2.05, 4.69) is 20.2 Å². The summed E-state index contributed by atoms with van der Waals surface area (Å²) in [5.74, 6) is 0.280. The van der Waals surface area contributed by atoms with Crippen molar-refractivity contribution in [2.45, 2.75) is 25.4 Å². The summed E-state index contributed by atoms with van der Waals surface area (Å²) in [6.45, 7) is 0.278. The molecule has 0 unspecified atom stereocenters. The first-order chi connectivity index (χ1) is 17.0. The van der Waals surface area contributed by atoms with Gasteiger partial charge in [-0.2, -0.15) is 31.4 Å². The van der Waals surface area contributed by atoms with E-state index in [-0.39, 0.29) is 36.4 Å². The molecule has 3 heterocycles. The number of hydrogen-bond acceptors (Lipinski definition) is 5. The zero-order chi connectivity index (χ0) is 25.7. The smallest absolute Gasteiger partial charge is 0.359 e. The fourth-order valence-corrected chi connectivity index (χ4v) is 3.72. The highest BCUT2D eigenvalue weighted by Gasteiger charge is 2.39. The van der Waals surface area contributed by atoms with Crippen LogP contribution in [0, 0.1) is 5.82 Å². The molecule has 1 aliphatic rings. The van der Waals surface area contributed by atoms with Crippen LogP contribution < -0.4 is 0 Å². The number of nitrogens with zero attached hydrogens (tertiary/aromatic N) is 4. The molecular weight excluding hydrogens is 495 g/mol. The maximum atomic E-state index is 13.5. The van der Waals surface area contributed by atoms with Crippen molar-refractivity contribution in [2.24, 2.45) is 5.10 Å². The van der Waals surface area contributed by atoms with E-state index in [0.717, 1.165) is 6.07 Å². The van der Waals surface area contributed by atoms with E-state index in [9.17, 15) is 30.7 Å². The maximum Gasteiger partial charge on any atom is 0.417 e. The van der Waals surface area contributed by atoms with Crippen molar-refractivity contribution < 1.29 is 35.3 Å². The van der Waals surface area contributed by atoms with Crippen LogP contribution in [-0.2, 0) is 25.4 Å². The molecule has 0 spiro atoms. The molecule has 2 aromatic heterocycles. The first-order valence-corrected chi connectivity index (χ1v) is 10.4. The van der Waals surface area contributed by atoms with E-state index in [1.165, 1.54) is 29.4 Å². The molecule has 0 bridgehead atoms. The molecule has 1 aliphatic heterocycles. The van der Waals surface area contributed by atoms with Gasteiger partial charge in [0.2, 0.25) is 0 Å². The van der Waals surface area contributed by atoms with Crippen molar-refractivity contribution in [3.05, 3.63) is 82.6 Å². The summed E-state index contributed by atoms with van der Waals surface area (Å²) in [4.78, 5) is 7.54. The van der Waals surface area contributed by atoms with Gasteiger partial charge in [-0.25, -0.2) is 9.37 Å². The minimum Gasteiger partial charge on any atom is -0.359 e. The highest BCUT2D eigenvalue weighted by atomic mass is 19.4. The highest BCUT2D eigenvalue weighted by Crippen LogP contribution is 2.40. The minimum absolute atomic E-state index is 0.0236. The third kappa shape index (κ3) is 4.68. The van der Waals surface area contributed by atoms with E-state index >= 15 is 0 Å². The molecule has 6 nitrogen and oxygen atoms in total. The number of aromatic nitrogens is 3. The van der Waals surface area contributed by atoms with E-state index in [4.69, 9.17) is 4.52 Å². The van der Waals surface area contributed by atoms with Crippen LogP contribution >= 0.6 is 0 Å². The molecule has 0 saturated heterocycles. The number of halogens is 7. The van der Waals surface area contributed by atoms with Gasteiger partial charge in [0.1, 0.15) is 23.0 Å². The molecule has 0 radical (unpaired) electrons. The summed E-state index contributed by atoms with van der Waals surface area (Å²) in [7, 11) is 0. The SMILES string of the molecule is Fc1ccc(-c2nc3c([nH]2)CN(Cc2cc(-c4ccc(C(F)(F)F)cc4C(F)(F)F)no2)N=C3)cc1. The summed E-state index contributed by atoms with van der Waals surface area (Å²) in [6.07, 6.45) is -8.48. The van der Waals surface area contributed by atoms with Gasteiger partial charge in [0.05, 0.1) is 36.1 Å². The molecule has 0 aliphatic carbocycles. The van der Waals surface area contributed by atoms with Crippen molar-refractivity contribution in [1.29, 1.82) is 0 Å². The molecule has 5 rings (SSSR count). The molecule has 0 fully saturated rings. The topological polar surface area (TPSA) is 70.3 Å². The van der Waals surface area contributed by atoms with Gasteiger partial charge in [-0.05, 0) is 36.4 Å². The lowest BCUT2D eigenvalue weighted by Gasteiger charge is -2.19. The quantitative estimate of drug-likeness (QED) is 0.330. The lowest BCUT2D eigenvalue weighted by Crippen LogP contribution is -2.21. The number of benzene rings is 2. The number of alkyl halides is 6. The number of H-pyrrole nitrogens is 1. The zero-order valence-electron chi connectivity index (χ0n) is 18.0. The van der Waals surface area contributed by atoms with Crippen LogP contribution in [0.15, 0.2) is 58.2 Å². The number of hydrogen-bond donors (Lipinski definition) is 1. The largest absolute Gasteiger partial charge is 0.417 e. The van der Waals surface area contributed by atoms with E-state index in [0.29, 0.717) is 28.8 Å². The van der Waals surface area contributed by atoms with Gasteiger partial charge in [-0.15, -0.1) is 0 Å². The third-order valence-electron chi connectivity index (χ3n) is 5.44. The second-order valence-corrected chi connectivity index (χ2v) is 7.96. The average molecular weight is 509 g/mol. The molecular formula is C23H14F7N5O. The van der Waals surface area contributed by atoms with Gasteiger partial charge >= 0.3 is 12.4 Å². The van der Waals surface area contributed by atoms with Crippen LogP contribution in [0.2, 0.25) is 0 Å². The minimum atomic E-state index is -5.04. The van der Waals surface area contributed by atoms with Crippen molar-refractivity contribution in [3.63, 3.8) is 0 Å². The number of imidazole rings is 1. The number of nitrogens with one attached hydrogen (secondary N) is 1. The molecule has 1 N–H and O–H groups in total. The number of hydrazone groups is 1. The van der Waals surface area contributed by atoms with Gasteiger partial charge in [0.25, 0.3) is 0 Å². The van der Waals surface area contributed by atoms with Crippen molar-refractivity contribution in [3.8, 4) is 22.6 Å². The molecule has 0 atom stereocenters. The predicted molar refractivity (Wildman–Crippen MR) is 113 cm³/mol. The second-order valence-electron chi connectivity index (χ2n) is 7.96. The Labute approximate surface area is 198 Å². The lowest BCUT2D eigenvalue weighted by atomic mass is 10.0. The van der Waals surface area contributed by atoms with Crippen molar-refractivity contribution >= 4 is 6.21 Å². The Morgan fingerprint density at radius 1 is 0.944 bits per heavy atom. The van der Waals surface area contributed by atoms with E-state index in [1.54, 1.807) is 12.1 Å². The number of rotatable bonds is 4. The Balaban J connectivity index is 1.35. The van der Waals surface area contributed by atoms with Gasteiger partial charge in [-0.1, -0.05) is 11.2 Å². The molecule has 0 amide bonds. The number of fused-ring (bicyclic) bond motifs is 1. The Morgan fingerprint density at radius 2 is 1.69 bits per heavy atom. The summed E-state index contributed by atoms with van der Waals surface area (Å²) >= 11 is 0. The highest BCUT2D eigenvalue weighted by molar-refractivity contribution is 5.80. The second kappa shape index (κ2) is 8.50. The monoisotopic (exact) mass is 509 g/mol. The molecule has 2 aromatic carbocycles. The fraction of sp³-hybridized carbons (Fsp3) is 0.174. The summed E-state index contributed by atoms with van der Waals surface area (Å²) in [6, 6.07) is 8.31. The maximum absolute atomic E-state index is 13.5. The van der Waals surface area contributed by atoms with Crippen molar-refractivity contribution in [2.75, 3.05) is 0 Å². The Kier molecular flexibility index (Phi) is 5.57. The van der Waals surface area contributed by atoms with Gasteiger partial charge in [0.15, 0.2) is 5.76 Å². The normalized spacial score (nSPS) is 13.8. The van der Waals surface area contributed by atoms with Crippen LogP contribution in [0.5, 0.6) is 0 Å². The first kappa shape index (κ1) is 23.6. The third-order valence-corrected chi connectivity index (χ3v) is 5.44.